The Morgan fingerprint density at radius 2 is 1.58 bits per heavy atom. The lowest BCUT2D eigenvalue weighted by Gasteiger charge is -2.32. The molecule has 3 aromatic rings. The molecule has 0 aliphatic carbocycles. The quantitative estimate of drug-likeness (QED) is 0.352. The van der Waals surface area contributed by atoms with Crippen LogP contribution in [-0.4, -0.2) is 44.3 Å². The average molecular weight is 577 g/mol. The summed E-state index contributed by atoms with van der Waals surface area (Å²) in [5.41, 5.74) is 2.63. The molecule has 0 saturated heterocycles. The highest BCUT2D eigenvalue weighted by Gasteiger charge is 2.32. The van der Waals surface area contributed by atoms with E-state index in [1.165, 1.54) is 17.0 Å². The molecule has 7 nitrogen and oxygen atoms in total. The summed E-state index contributed by atoms with van der Waals surface area (Å²) in [4.78, 5) is 28.1. The number of halogens is 2. The highest BCUT2D eigenvalue weighted by Crippen LogP contribution is 2.27. The number of hydrogen-bond acceptors (Lipinski definition) is 4. The molecule has 0 saturated carbocycles. The van der Waals surface area contributed by atoms with Gasteiger partial charge in [0.1, 0.15) is 12.6 Å². The summed E-state index contributed by atoms with van der Waals surface area (Å²) in [6.07, 6.45) is 0. The maximum absolute atomic E-state index is 13.9. The van der Waals surface area contributed by atoms with Gasteiger partial charge in [0.05, 0.1) is 10.6 Å². The molecule has 0 aromatic heterocycles. The molecule has 1 N–H and O–H groups in total. The monoisotopic (exact) mass is 575 g/mol. The lowest BCUT2D eigenvalue weighted by molar-refractivity contribution is -0.139. The largest absolute Gasteiger partial charge is 0.355 e. The lowest BCUT2D eigenvalue weighted by Crippen LogP contribution is -2.51. The zero-order valence-corrected chi connectivity index (χ0v) is 24.1. The molecule has 38 heavy (non-hydrogen) atoms. The first-order valence-electron chi connectivity index (χ1n) is 12.1. The Hall–Kier alpha value is -3.07. The van der Waals surface area contributed by atoms with Crippen LogP contribution in [-0.2, 0) is 26.2 Å². The van der Waals surface area contributed by atoms with E-state index in [1.54, 1.807) is 62.4 Å². The van der Waals surface area contributed by atoms with E-state index < -0.39 is 28.5 Å². The first-order chi connectivity index (χ1) is 17.9. The number of carbonyl (C=O) groups excluding carboxylic acids is 2. The van der Waals surface area contributed by atoms with Gasteiger partial charge in [0.25, 0.3) is 10.0 Å². The molecule has 0 aliphatic heterocycles. The summed E-state index contributed by atoms with van der Waals surface area (Å²) in [5, 5.41) is 3.50. The average Bonchev–Trinajstić information content (AvgIpc) is 2.86. The second-order valence-electron chi connectivity index (χ2n) is 9.00. The zero-order chi connectivity index (χ0) is 28.0. The van der Waals surface area contributed by atoms with E-state index in [0.29, 0.717) is 27.8 Å². The number of carbonyl (C=O) groups is 2. The third-order valence-electron chi connectivity index (χ3n) is 5.98. The molecule has 2 amide bonds. The van der Waals surface area contributed by atoms with Crippen molar-refractivity contribution in [3.63, 3.8) is 0 Å². The van der Waals surface area contributed by atoms with Crippen LogP contribution in [0, 0.1) is 13.8 Å². The van der Waals surface area contributed by atoms with E-state index in [1.807, 2.05) is 19.9 Å². The van der Waals surface area contributed by atoms with Crippen LogP contribution in [0.25, 0.3) is 0 Å². The molecule has 0 radical (unpaired) electrons. The zero-order valence-electron chi connectivity index (χ0n) is 21.7. The molecule has 1 atom stereocenters. The summed E-state index contributed by atoms with van der Waals surface area (Å²) < 4.78 is 28.7. The molecule has 0 heterocycles. The standard InChI is InChI=1S/C28H31Cl2N3O4S/c1-5-31-28(35)21(4)32(17-22-11-12-23(29)16-26(22)30)27(34)18-33(24-14-19(2)13-20(3)15-24)38(36,37)25-9-7-6-8-10-25/h6-16,21H,5,17-18H2,1-4H3,(H,31,35)/t21-/m0/s1. The molecule has 0 aliphatic rings. The number of likely N-dealkylation sites (N-methyl/N-ethyl adjacent to an activating group) is 1. The van der Waals surface area contributed by atoms with Crippen molar-refractivity contribution in [1.29, 1.82) is 0 Å². The van der Waals surface area contributed by atoms with Gasteiger partial charge in [-0.25, -0.2) is 8.42 Å². The number of hydrogen-bond donors (Lipinski definition) is 1. The van der Waals surface area contributed by atoms with Gasteiger partial charge in [0.15, 0.2) is 0 Å². The minimum absolute atomic E-state index is 0.0147. The molecule has 0 fully saturated rings. The van der Waals surface area contributed by atoms with Crippen molar-refractivity contribution in [3.8, 4) is 0 Å². The van der Waals surface area contributed by atoms with Gasteiger partial charge in [0, 0.05) is 23.1 Å². The predicted octanol–water partition coefficient (Wildman–Crippen LogP) is 5.36. The number of rotatable bonds is 10. The van der Waals surface area contributed by atoms with Gasteiger partial charge in [-0.05, 0) is 80.8 Å². The van der Waals surface area contributed by atoms with Gasteiger partial charge >= 0.3 is 0 Å². The van der Waals surface area contributed by atoms with Crippen molar-refractivity contribution in [2.75, 3.05) is 17.4 Å². The van der Waals surface area contributed by atoms with Crippen molar-refractivity contribution in [2.24, 2.45) is 0 Å². The Morgan fingerprint density at radius 3 is 2.16 bits per heavy atom. The van der Waals surface area contributed by atoms with Crippen molar-refractivity contribution in [2.45, 2.75) is 45.2 Å². The van der Waals surface area contributed by atoms with Crippen LogP contribution in [0.3, 0.4) is 0 Å². The fraction of sp³-hybridized carbons (Fsp3) is 0.286. The SMILES string of the molecule is CCNC(=O)[C@H](C)N(Cc1ccc(Cl)cc1Cl)C(=O)CN(c1cc(C)cc(C)c1)S(=O)(=O)c1ccccc1. The predicted molar refractivity (Wildman–Crippen MR) is 152 cm³/mol. The Morgan fingerprint density at radius 1 is 0.947 bits per heavy atom. The van der Waals surface area contributed by atoms with Crippen LogP contribution in [0.15, 0.2) is 71.6 Å². The van der Waals surface area contributed by atoms with Crippen molar-refractivity contribution >= 4 is 50.7 Å². The molecule has 0 bridgehead atoms. The molecule has 202 valence electrons. The Bertz CT molecular complexity index is 1390. The fourth-order valence-corrected chi connectivity index (χ4v) is 5.97. The summed E-state index contributed by atoms with van der Waals surface area (Å²) in [6, 6.07) is 17.3. The van der Waals surface area contributed by atoms with Gasteiger partial charge in [-0.3, -0.25) is 13.9 Å². The smallest absolute Gasteiger partial charge is 0.264 e. The number of nitrogens with one attached hydrogen (secondary N) is 1. The van der Waals surface area contributed by atoms with Crippen molar-refractivity contribution in [3.05, 3.63) is 93.5 Å². The maximum atomic E-state index is 13.9. The Kier molecular flexibility index (Phi) is 9.82. The molecule has 3 aromatic carbocycles. The minimum Gasteiger partial charge on any atom is -0.355 e. The van der Waals surface area contributed by atoms with E-state index in [-0.39, 0.29) is 17.3 Å². The first-order valence-corrected chi connectivity index (χ1v) is 14.3. The Labute approximate surface area is 234 Å². The maximum Gasteiger partial charge on any atom is 0.264 e. The van der Waals surface area contributed by atoms with Crippen LogP contribution in [0.2, 0.25) is 10.0 Å². The molecule has 0 unspecified atom stereocenters. The van der Waals surface area contributed by atoms with E-state index >= 15 is 0 Å². The van der Waals surface area contributed by atoms with Gasteiger partial charge in [-0.2, -0.15) is 0 Å². The minimum atomic E-state index is -4.12. The van der Waals surface area contributed by atoms with Crippen LogP contribution < -0.4 is 9.62 Å². The molecule has 10 heteroatoms. The van der Waals surface area contributed by atoms with E-state index in [2.05, 4.69) is 5.32 Å². The van der Waals surface area contributed by atoms with Crippen molar-refractivity contribution in [1.82, 2.24) is 10.2 Å². The molecule has 3 rings (SSSR count). The third-order valence-corrected chi connectivity index (χ3v) is 8.35. The van der Waals surface area contributed by atoms with Gasteiger partial charge in [-0.15, -0.1) is 0 Å². The van der Waals surface area contributed by atoms with Crippen LogP contribution in [0.4, 0.5) is 5.69 Å². The summed E-state index contributed by atoms with van der Waals surface area (Å²) >= 11 is 12.4. The highest BCUT2D eigenvalue weighted by atomic mass is 35.5. The number of sulfonamides is 1. The summed E-state index contributed by atoms with van der Waals surface area (Å²) in [5.74, 6) is -0.928. The van der Waals surface area contributed by atoms with Gasteiger partial charge < -0.3 is 10.2 Å². The number of amides is 2. The molecular weight excluding hydrogens is 545 g/mol. The van der Waals surface area contributed by atoms with Crippen LogP contribution in [0.5, 0.6) is 0 Å². The van der Waals surface area contributed by atoms with Crippen LogP contribution in [0.1, 0.15) is 30.5 Å². The van der Waals surface area contributed by atoms with Crippen LogP contribution >= 0.6 is 23.2 Å². The third kappa shape index (κ3) is 7.07. The summed E-state index contributed by atoms with van der Waals surface area (Å²) in [6.45, 7) is 6.94. The van der Waals surface area contributed by atoms with E-state index in [0.717, 1.165) is 15.4 Å². The second-order valence-corrected chi connectivity index (χ2v) is 11.7. The number of nitrogens with zero attached hydrogens (tertiary/aromatic N) is 2. The van der Waals surface area contributed by atoms with Gasteiger partial charge in [-0.1, -0.05) is 53.5 Å². The number of benzene rings is 3. The number of aryl methyl sites for hydroxylation is 2. The fourth-order valence-electron chi connectivity index (χ4n) is 4.08. The summed E-state index contributed by atoms with van der Waals surface area (Å²) in [7, 11) is -4.12. The van der Waals surface area contributed by atoms with E-state index in [9.17, 15) is 18.0 Å². The van der Waals surface area contributed by atoms with E-state index in [4.69, 9.17) is 23.2 Å². The lowest BCUT2D eigenvalue weighted by atomic mass is 10.1. The Balaban J connectivity index is 2.07. The molecular formula is C28H31Cl2N3O4S. The van der Waals surface area contributed by atoms with Crippen molar-refractivity contribution < 1.29 is 18.0 Å². The topological polar surface area (TPSA) is 86.8 Å². The number of anilines is 1. The second kappa shape index (κ2) is 12.7. The normalized spacial score (nSPS) is 12.1. The highest BCUT2D eigenvalue weighted by molar-refractivity contribution is 7.92. The first kappa shape index (κ1) is 29.5. The van der Waals surface area contributed by atoms with Gasteiger partial charge in [0.2, 0.25) is 11.8 Å². The molecule has 0 spiro atoms.